The molecular formula is C40H54. The predicted molar refractivity (Wildman–Crippen MR) is 181 cm³/mol. The first-order valence-electron chi connectivity index (χ1n) is 15.0. The fourth-order valence-electron chi connectivity index (χ4n) is 5.46. The third-order valence-electron chi connectivity index (χ3n) is 8.05. The quantitative estimate of drug-likeness (QED) is 0.244. The van der Waals surface area contributed by atoms with E-state index in [-0.39, 0.29) is 10.8 Å². The van der Waals surface area contributed by atoms with Crippen molar-refractivity contribution in [2.24, 2.45) is 16.7 Å². The van der Waals surface area contributed by atoms with Crippen LogP contribution in [0.4, 0.5) is 0 Å². The Morgan fingerprint density at radius 2 is 1.25 bits per heavy atom. The zero-order valence-corrected chi connectivity index (χ0v) is 27.0. The Kier molecular flexibility index (Phi) is 12.9. The molecule has 0 unspecified atom stereocenters. The van der Waals surface area contributed by atoms with Crippen LogP contribution in [0.1, 0.15) is 88.5 Å². The van der Waals surface area contributed by atoms with Crippen molar-refractivity contribution < 1.29 is 0 Å². The van der Waals surface area contributed by atoms with Crippen molar-refractivity contribution in [1.82, 2.24) is 0 Å². The highest BCUT2D eigenvalue weighted by Crippen LogP contribution is 2.41. The molecule has 0 heteroatoms. The molecule has 0 spiro atoms. The van der Waals surface area contributed by atoms with Crippen LogP contribution in [0.25, 0.3) is 0 Å². The van der Waals surface area contributed by atoms with Gasteiger partial charge in [0.05, 0.1) is 0 Å². The molecule has 0 fully saturated rings. The van der Waals surface area contributed by atoms with E-state index in [9.17, 15) is 0 Å². The van der Waals surface area contributed by atoms with E-state index in [0.717, 1.165) is 0 Å². The standard InChI is InChI=1S/C40H54/c1-31(19-13-21-33(3)25-27-37-35(5)23-15-29-39(37,7)8)17-11-12-18-32(2)20-14-22-34(4)26-28-38-36(6)24-16-30-40(38,9)10/h11-15,17-23,25-29,37H,16,24,30H2,1-10H3/b12-11+,19-13+,20-14+,27-25+,28-26+,31-17+,32-18+,33-21+,34-22+/t37-/m0/s1. The number of hydrogen-bond donors (Lipinski definition) is 0. The zero-order chi connectivity index (χ0) is 29.8. The second kappa shape index (κ2) is 15.6. The van der Waals surface area contributed by atoms with Crippen molar-refractivity contribution >= 4 is 0 Å². The number of hydrogen-bond acceptors (Lipinski definition) is 0. The molecule has 0 radical (unpaired) electrons. The van der Waals surface area contributed by atoms with Gasteiger partial charge < -0.3 is 0 Å². The van der Waals surface area contributed by atoms with E-state index in [1.54, 1.807) is 5.57 Å². The average Bonchev–Trinajstić information content (AvgIpc) is 2.85. The van der Waals surface area contributed by atoms with Crippen LogP contribution in [0.15, 0.2) is 142 Å². The predicted octanol–water partition coefficient (Wildman–Crippen LogP) is 12.2. The Bertz CT molecular complexity index is 1240. The second-order valence-electron chi connectivity index (χ2n) is 12.9. The maximum Gasteiger partial charge on any atom is 0.00662 e. The van der Waals surface area contributed by atoms with E-state index in [0.29, 0.717) is 5.92 Å². The fraction of sp³-hybridized carbons (Fsp3) is 0.400. The van der Waals surface area contributed by atoms with Gasteiger partial charge in [0.2, 0.25) is 0 Å². The van der Waals surface area contributed by atoms with Gasteiger partial charge in [-0.3, -0.25) is 0 Å². The molecule has 0 aromatic rings. The van der Waals surface area contributed by atoms with Gasteiger partial charge in [-0.05, 0) is 77.2 Å². The van der Waals surface area contributed by atoms with Crippen LogP contribution in [0.5, 0.6) is 0 Å². The van der Waals surface area contributed by atoms with Crippen LogP contribution in [0.3, 0.4) is 0 Å². The lowest BCUT2D eigenvalue weighted by Crippen LogP contribution is -2.23. The lowest BCUT2D eigenvalue weighted by Gasteiger charge is -2.32. The molecule has 0 saturated carbocycles. The first-order valence-corrected chi connectivity index (χ1v) is 15.0. The van der Waals surface area contributed by atoms with Crippen molar-refractivity contribution in [2.75, 3.05) is 0 Å². The Morgan fingerprint density at radius 1 is 0.725 bits per heavy atom. The highest BCUT2D eigenvalue weighted by molar-refractivity contribution is 5.38. The Morgan fingerprint density at radius 3 is 1.80 bits per heavy atom. The minimum absolute atomic E-state index is 0.163. The lowest BCUT2D eigenvalue weighted by atomic mass is 9.72. The summed E-state index contributed by atoms with van der Waals surface area (Å²) in [5, 5.41) is 0. The topological polar surface area (TPSA) is 0 Å². The van der Waals surface area contributed by atoms with Gasteiger partial charge in [-0.1, -0.05) is 164 Å². The average molecular weight is 535 g/mol. The summed E-state index contributed by atoms with van der Waals surface area (Å²) in [5.41, 5.74) is 9.91. The molecule has 0 nitrogen and oxygen atoms in total. The number of rotatable bonds is 10. The molecule has 0 aliphatic heterocycles. The van der Waals surface area contributed by atoms with E-state index >= 15 is 0 Å². The van der Waals surface area contributed by atoms with Gasteiger partial charge >= 0.3 is 0 Å². The smallest absolute Gasteiger partial charge is 0.00662 e. The van der Waals surface area contributed by atoms with Gasteiger partial charge in [0.1, 0.15) is 0 Å². The maximum absolute atomic E-state index is 2.37. The van der Waals surface area contributed by atoms with Crippen LogP contribution in [0, 0.1) is 16.7 Å². The summed E-state index contributed by atoms with van der Waals surface area (Å²) in [6.07, 6.45) is 41.2. The van der Waals surface area contributed by atoms with Gasteiger partial charge in [0.25, 0.3) is 0 Å². The summed E-state index contributed by atoms with van der Waals surface area (Å²) in [7, 11) is 0. The van der Waals surface area contributed by atoms with Crippen molar-refractivity contribution in [1.29, 1.82) is 0 Å². The minimum atomic E-state index is 0.163. The molecule has 2 rings (SSSR count). The SMILES string of the molecule is CC1=CC=CC(C)(C)[C@H]1/C=C/C(C)=C/C=C/C(C)=C/C=C/C=C(C)/C=C/C=C(C)/C=C/C1=C(C)CCCC1(C)C. The normalized spacial score (nSPS) is 23.1. The molecule has 0 aromatic carbocycles. The van der Waals surface area contributed by atoms with E-state index in [4.69, 9.17) is 0 Å². The first-order chi connectivity index (χ1) is 18.8. The van der Waals surface area contributed by atoms with E-state index in [1.165, 1.54) is 52.7 Å². The zero-order valence-electron chi connectivity index (χ0n) is 27.0. The van der Waals surface area contributed by atoms with Crippen LogP contribution in [-0.2, 0) is 0 Å². The molecule has 214 valence electrons. The summed E-state index contributed by atoms with van der Waals surface area (Å²) < 4.78 is 0. The molecule has 0 bridgehead atoms. The van der Waals surface area contributed by atoms with Crippen molar-refractivity contribution in [3.8, 4) is 0 Å². The highest BCUT2D eigenvalue weighted by Gasteiger charge is 2.28. The van der Waals surface area contributed by atoms with Crippen LogP contribution in [0.2, 0.25) is 0 Å². The van der Waals surface area contributed by atoms with Gasteiger partial charge in [0.15, 0.2) is 0 Å². The van der Waals surface area contributed by atoms with Gasteiger partial charge in [-0.15, -0.1) is 0 Å². The number of allylic oxidation sites excluding steroid dienone is 24. The third kappa shape index (κ3) is 11.2. The molecule has 2 aliphatic rings. The summed E-state index contributed by atoms with van der Waals surface area (Å²) in [4.78, 5) is 0. The summed E-state index contributed by atoms with van der Waals surface area (Å²) in [5.74, 6) is 0.445. The third-order valence-corrected chi connectivity index (χ3v) is 8.05. The van der Waals surface area contributed by atoms with Crippen molar-refractivity contribution in [2.45, 2.75) is 88.5 Å². The molecule has 1 atom stereocenters. The fourth-order valence-corrected chi connectivity index (χ4v) is 5.46. The van der Waals surface area contributed by atoms with Gasteiger partial charge in [0, 0.05) is 5.92 Å². The molecule has 40 heavy (non-hydrogen) atoms. The summed E-state index contributed by atoms with van der Waals surface area (Å²) in [6, 6.07) is 0. The van der Waals surface area contributed by atoms with E-state index < -0.39 is 0 Å². The summed E-state index contributed by atoms with van der Waals surface area (Å²) in [6.45, 7) is 22.5. The molecule has 0 aromatic heterocycles. The Labute approximate surface area is 247 Å². The lowest BCUT2D eigenvalue weighted by molar-refractivity contribution is 0.377. The maximum atomic E-state index is 2.37. The molecule has 2 aliphatic carbocycles. The second-order valence-corrected chi connectivity index (χ2v) is 12.9. The van der Waals surface area contributed by atoms with Crippen molar-refractivity contribution in [3.63, 3.8) is 0 Å². The Hall–Kier alpha value is -3.12. The minimum Gasteiger partial charge on any atom is -0.0780 e. The van der Waals surface area contributed by atoms with Crippen LogP contribution < -0.4 is 0 Å². The molecule has 0 saturated heterocycles. The van der Waals surface area contributed by atoms with Gasteiger partial charge in [-0.25, -0.2) is 0 Å². The molecule has 0 N–H and O–H groups in total. The van der Waals surface area contributed by atoms with Gasteiger partial charge in [-0.2, -0.15) is 0 Å². The molecule has 0 heterocycles. The van der Waals surface area contributed by atoms with E-state index in [1.807, 2.05) is 0 Å². The van der Waals surface area contributed by atoms with Crippen LogP contribution >= 0.6 is 0 Å². The molecule has 0 amide bonds. The van der Waals surface area contributed by atoms with Crippen LogP contribution in [-0.4, -0.2) is 0 Å². The Balaban J connectivity index is 1.88. The van der Waals surface area contributed by atoms with E-state index in [2.05, 4.69) is 173 Å². The highest BCUT2D eigenvalue weighted by atomic mass is 14.3. The first kappa shape index (κ1) is 33.1. The monoisotopic (exact) mass is 534 g/mol. The molecular weight excluding hydrogens is 480 g/mol. The summed E-state index contributed by atoms with van der Waals surface area (Å²) >= 11 is 0. The largest absolute Gasteiger partial charge is 0.0780 e. The van der Waals surface area contributed by atoms with Crippen molar-refractivity contribution in [3.05, 3.63) is 142 Å².